The molecule has 0 saturated heterocycles. The van der Waals surface area contributed by atoms with E-state index in [4.69, 9.17) is 15.0 Å². The van der Waals surface area contributed by atoms with E-state index in [9.17, 15) is 0 Å². The van der Waals surface area contributed by atoms with Crippen LogP contribution in [0.1, 0.15) is 0 Å². The van der Waals surface area contributed by atoms with Gasteiger partial charge >= 0.3 is 0 Å². The van der Waals surface area contributed by atoms with E-state index in [1.54, 1.807) is 0 Å². The van der Waals surface area contributed by atoms with E-state index >= 15 is 0 Å². The summed E-state index contributed by atoms with van der Waals surface area (Å²) in [4.78, 5) is 15.4. The Kier molecular flexibility index (Phi) is 6.80. The molecule has 0 bridgehead atoms. The molecule has 0 N–H and O–H groups in total. The molecular weight excluding hydrogens is 583 g/mol. The molecule has 0 aliphatic heterocycles. The van der Waals surface area contributed by atoms with Gasteiger partial charge < -0.3 is 0 Å². The highest BCUT2D eigenvalue weighted by Gasteiger charge is 2.17. The average molecular weight is 612 g/mol. The first-order chi connectivity index (χ1) is 23.8. The van der Waals surface area contributed by atoms with Crippen molar-refractivity contribution in [2.75, 3.05) is 0 Å². The second-order valence-corrected chi connectivity index (χ2v) is 12.1. The van der Waals surface area contributed by atoms with E-state index in [1.807, 2.05) is 18.2 Å². The van der Waals surface area contributed by atoms with Gasteiger partial charge in [-0.15, -0.1) is 0 Å². The van der Waals surface area contributed by atoms with Gasteiger partial charge in [0.1, 0.15) is 0 Å². The zero-order valence-corrected chi connectivity index (χ0v) is 26.1. The van der Waals surface area contributed by atoms with E-state index in [-0.39, 0.29) is 0 Å². The predicted octanol–water partition coefficient (Wildman–Crippen LogP) is 11.7. The second kappa shape index (κ2) is 11.7. The van der Waals surface area contributed by atoms with Crippen LogP contribution in [0.15, 0.2) is 176 Å². The van der Waals surface area contributed by atoms with Crippen molar-refractivity contribution in [2.45, 2.75) is 0 Å². The van der Waals surface area contributed by atoms with Crippen molar-refractivity contribution in [3.8, 4) is 56.4 Å². The zero-order valence-electron chi connectivity index (χ0n) is 26.1. The lowest BCUT2D eigenvalue weighted by molar-refractivity contribution is 1.08. The van der Waals surface area contributed by atoms with Crippen molar-refractivity contribution >= 4 is 32.3 Å². The van der Waals surface area contributed by atoms with Gasteiger partial charge in [0.25, 0.3) is 0 Å². The average Bonchev–Trinajstić information content (AvgIpc) is 3.17. The summed E-state index contributed by atoms with van der Waals surface area (Å²) in [7, 11) is 0. The van der Waals surface area contributed by atoms with Gasteiger partial charge in [-0.3, -0.25) is 0 Å². The summed E-state index contributed by atoms with van der Waals surface area (Å²) in [6.45, 7) is 0. The molecule has 0 spiro atoms. The highest BCUT2D eigenvalue weighted by Crippen LogP contribution is 2.38. The van der Waals surface area contributed by atoms with Crippen LogP contribution in [0, 0.1) is 0 Å². The first-order valence-corrected chi connectivity index (χ1v) is 16.2. The normalized spacial score (nSPS) is 11.3. The molecule has 9 rings (SSSR count). The minimum atomic E-state index is 0.637. The first-order valence-electron chi connectivity index (χ1n) is 16.2. The maximum atomic E-state index is 5.21. The molecule has 0 atom stereocenters. The molecule has 0 radical (unpaired) electrons. The molecule has 0 unspecified atom stereocenters. The van der Waals surface area contributed by atoms with Crippen LogP contribution in [0.5, 0.6) is 0 Å². The van der Waals surface area contributed by atoms with E-state index in [0.29, 0.717) is 17.5 Å². The number of hydrogen-bond acceptors (Lipinski definition) is 3. The summed E-state index contributed by atoms with van der Waals surface area (Å²) >= 11 is 0. The van der Waals surface area contributed by atoms with Crippen LogP contribution >= 0.6 is 0 Å². The Morgan fingerprint density at radius 1 is 0.250 bits per heavy atom. The highest BCUT2D eigenvalue weighted by molar-refractivity contribution is 6.13. The van der Waals surface area contributed by atoms with Crippen molar-refractivity contribution in [2.24, 2.45) is 0 Å². The molecule has 1 heterocycles. The monoisotopic (exact) mass is 611 g/mol. The molecule has 3 nitrogen and oxygen atoms in total. The Morgan fingerprint density at radius 2 is 0.812 bits per heavy atom. The molecule has 224 valence electrons. The molecule has 3 heteroatoms. The maximum absolute atomic E-state index is 5.21. The van der Waals surface area contributed by atoms with Gasteiger partial charge in [0.05, 0.1) is 0 Å². The number of fused-ring (bicyclic) bond motifs is 4. The van der Waals surface area contributed by atoms with Gasteiger partial charge in [-0.05, 0) is 72.8 Å². The third-order valence-electron chi connectivity index (χ3n) is 9.10. The number of nitrogens with zero attached hydrogens (tertiary/aromatic N) is 3. The van der Waals surface area contributed by atoms with Crippen LogP contribution in [0.4, 0.5) is 0 Å². The van der Waals surface area contributed by atoms with E-state index in [1.165, 1.54) is 27.1 Å². The van der Waals surface area contributed by atoms with Crippen LogP contribution in [-0.2, 0) is 0 Å². The van der Waals surface area contributed by atoms with Gasteiger partial charge in [-0.1, -0.05) is 158 Å². The second-order valence-electron chi connectivity index (χ2n) is 12.1. The smallest absolute Gasteiger partial charge is 0.164 e. The molecule has 0 aliphatic rings. The number of hydrogen-bond donors (Lipinski definition) is 0. The number of benzene rings is 8. The summed E-state index contributed by atoms with van der Waals surface area (Å²) in [6, 6.07) is 61.7. The lowest BCUT2D eigenvalue weighted by atomic mass is 9.91. The molecule has 0 fully saturated rings. The molecule has 8 aromatic carbocycles. The molecule has 1 aromatic heterocycles. The van der Waals surface area contributed by atoms with Crippen LogP contribution in [0.25, 0.3) is 88.7 Å². The molecule has 0 saturated carbocycles. The van der Waals surface area contributed by atoms with Crippen LogP contribution in [0.2, 0.25) is 0 Å². The van der Waals surface area contributed by atoms with E-state index in [0.717, 1.165) is 44.2 Å². The van der Waals surface area contributed by atoms with Crippen molar-refractivity contribution in [1.82, 2.24) is 15.0 Å². The van der Waals surface area contributed by atoms with Crippen molar-refractivity contribution in [3.05, 3.63) is 176 Å². The van der Waals surface area contributed by atoms with Crippen LogP contribution in [0.3, 0.4) is 0 Å². The lowest BCUT2D eigenvalue weighted by Gasteiger charge is -2.15. The Bertz CT molecular complexity index is 2610. The fourth-order valence-electron chi connectivity index (χ4n) is 6.73. The molecule has 48 heavy (non-hydrogen) atoms. The fraction of sp³-hybridized carbons (Fsp3) is 0. The third kappa shape index (κ3) is 4.99. The predicted molar refractivity (Wildman–Crippen MR) is 200 cm³/mol. The summed E-state index contributed by atoms with van der Waals surface area (Å²) in [5, 5.41) is 7.11. The minimum Gasteiger partial charge on any atom is -0.208 e. The van der Waals surface area contributed by atoms with Gasteiger partial charge in [0.15, 0.2) is 17.5 Å². The zero-order chi connectivity index (χ0) is 31.9. The van der Waals surface area contributed by atoms with Gasteiger partial charge in [0, 0.05) is 16.7 Å². The summed E-state index contributed by atoms with van der Waals surface area (Å²) < 4.78 is 0. The van der Waals surface area contributed by atoms with E-state index in [2.05, 4.69) is 158 Å². The summed E-state index contributed by atoms with van der Waals surface area (Å²) in [5.41, 5.74) is 7.47. The minimum absolute atomic E-state index is 0.637. The Hall–Kier alpha value is -6.45. The first kappa shape index (κ1) is 27.8. The quantitative estimate of drug-likeness (QED) is 0.182. The fourth-order valence-corrected chi connectivity index (χ4v) is 6.73. The standard InChI is InChI=1S/C45H29N3/c1-3-14-31(15-4-1)41-29-36(25-26-38(41)35-24-23-30-13-7-8-18-33(30)27-35)44-46-43(32-16-5-2-6-17-32)47-45(48-44)42-28-34-19-9-10-20-37(34)39-21-11-12-22-40(39)42/h1-29H. The Labute approximate surface area is 278 Å². The highest BCUT2D eigenvalue weighted by atomic mass is 15.0. The number of rotatable bonds is 5. The van der Waals surface area contributed by atoms with Crippen molar-refractivity contribution < 1.29 is 0 Å². The molecule has 0 aliphatic carbocycles. The van der Waals surface area contributed by atoms with Crippen LogP contribution in [-0.4, -0.2) is 15.0 Å². The largest absolute Gasteiger partial charge is 0.208 e. The van der Waals surface area contributed by atoms with Crippen LogP contribution < -0.4 is 0 Å². The molecule has 9 aromatic rings. The third-order valence-corrected chi connectivity index (χ3v) is 9.10. The van der Waals surface area contributed by atoms with Crippen molar-refractivity contribution in [3.63, 3.8) is 0 Å². The lowest BCUT2D eigenvalue weighted by Crippen LogP contribution is -2.01. The van der Waals surface area contributed by atoms with E-state index < -0.39 is 0 Å². The van der Waals surface area contributed by atoms with Gasteiger partial charge in [0.2, 0.25) is 0 Å². The number of aromatic nitrogens is 3. The van der Waals surface area contributed by atoms with Crippen molar-refractivity contribution in [1.29, 1.82) is 0 Å². The summed E-state index contributed by atoms with van der Waals surface area (Å²) in [6.07, 6.45) is 0. The van der Waals surface area contributed by atoms with Gasteiger partial charge in [-0.2, -0.15) is 0 Å². The van der Waals surface area contributed by atoms with Gasteiger partial charge in [-0.25, -0.2) is 15.0 Å². The maximum Gasteiger partial charge on any atom is 0.164 e. The molecule has 0 amide bonds. The SMILES string of the molecule is c1ccc(-c2nc(-c3ccc(-c4ccc5ccccc5c4)c(-c4ccccc4)c3)nc(-c3cc4ccccc4c4ccccc34)n2)cc1. The Balaban J connectivity index is 1.28. The topological polar surface area (TPSA) is 38.7 Å². The summed E-state index contributed by atoms with van der Waals surface area (Å²) in [5.74, 6) is 1.94. The molecular formula is C45H29N3. The Morgan fingerprint density at radius 3 is 1.58 bits per heavy atom.